The maximum Gasteiger partial charge on any atom is 0.261 e. The largest absolute Gasteiger partial charge is 0.389 e. The maximum atomic E-state index is 13.3. The second-order valence-corrected chi connectivity index (χ2v) is 13.0. The Kier molecular flexibility index (Phi) is 12.3. The fraction of sp³-hybridized carbons (Fsp3) is 0.710. The number of nitrogens with one attached hydrogen (secondary N) is 1. The van der Waals surface area contributed by atoms with Crippen LogP contribution in [0.5, 0.6) is 0 Å². The Labute approximate surface area is 282 Å². The molecule has 0 spiro atoms. The molecule has 3 heterocycles. The number of carbonyl (C=O) groups excluding carboxylic acids is 3. The zero-order valence-corrected chi connectivity index (χ0v) is 27.2. The average Bonchev–Trinajstić information content (AvgIpc) is 3.33. The van der Waals surface area contributed by atoms with Crippen LogP contribution in [0.1, 0.15) is 46.4 Å². The van der Waals surface area contributed by atoms with Gasteiger partial charge in [0.25, 0.3) is 11.8 Å². The number of carbonyl (C=O) groups is 3. The van der Waals surface area contributed by atoms with E-state index < -0.39 is 97.2 Å². The molecule has 0 radical (unpaired) electrons. The Morgan fingerprint density at radius 2 is 1.61 bits per heavy atom. The number of methoxy groups -OCH3 is 1. The Morgan fingerprint density at radius 1 is 0.959 bits per heavy atom. The summed E-state index contributed by atoms with van der Waals surface area (Å²) in [5, 5.41) is 46.5. The first-order valence-corrected chi connectivity index (χ1v) is 16.4. The molecule has 18 nitrogen and oxygen atoms in total. The molecule has 49 heavy (non-hydrogen) atoms. The van der Waals surface area contributed by atoms with E-state index >= 15 is 0 Å². The summed E-state index contributed by atoms with van der Waals surface area (Å²) >= 11 is 0. The highest BCUT2D eigenvalue weighted by molar-refractivity contribution is 6.21. The first-order chi connectivity index (χ1) is 23.4. The molecule has 274 valence electrons. The van der Waals surface area contributed by atoms with Crippen LogP contribution in [0.25, 0.3) is 0 Å². The minimum Gasteiger partial charge on any atom is -0.389 e. The van der Waals surface area contributed by atoms with Gasteiger partial charge in [0.2, 0.25) is 5.91 Å². The van der Waals surface area contributed by atoms with Crippen molar-refractivity contribution in [1.29, 1.82) is 0 Å². The highest BCUT2D eigenvalue weighted by atomic mass is 16.7. The third-order valence-electron chi connectivity index (χ3n) is 9.58. The molecule has 4 aliphatic rings. The molecule has 1 aromatic rings. The van der Waals surface area contributed by atoms with Crippen molar-refractivity contribution in [2.24, 2.45) is 22.9 Å². The van der Waals surface area contributed by atoms with Crippen LogP contribution in [-0.2, 0) is 28.5 Å². The normalized spacial score (nSPS) is 38.7. The molecule has 14 unspecified atom stereocenters. The number of hydrogen-bond donors (Lipinski definition) is 9. The van der Waals surface area contributed by atoms with E-state index in [-0.39, 0.29) is 49.8 Å². The van der Waals surface area contributed by atoms with Crippen LogP contribution in [0.2, 0.25) is 0 Å². The number of imide groups is 1. The van der Waals surface area contributed by atoms with Crippen molar-refractivity contribution in [2.45, 2.75) is 111 Å². The number of ether oxygens (including phenoxy) is 5. The van der Waals surface area contributed by atoms with E-state index in [9.17, 15) is 34.8 Å². The predicted octanol–water partition coefficient (Wildman–Crippen LogP) is -4.41. The van der Waals surface area contributed by atoms with Crippen molar-refractivity contribution < 1.29 is 58.5 Å². The van der Waals surface area contributed by atoms with E-state index in [0.717, 1.165) is 4.90 Å². The molecule has 13 N–H and O–H groups in total. The number of benzene rings is 1. The SMILES string of the molecule is COCC1OC(OC2C(NC(=O)C(O)CCN3C(=O)c4ccccc4C3=O)CC(N)C(OC3OC(CN)CCC3N)C2O)C(O)C(N)C1O. The summed E-state index contributed by atoms with van der Waals surface area (Å²) in [6.45, 7) is -0.102. The van der Waals surface area contributed by atoms with Crippen LogP contribution >= 0.6 is 0 Å². The van der Waals surface area contributed by atoms with Gasteiger partial charge in [0.05, 0.1) is 42.0 Å². The van der Waals surface area contributed by atoms with Gasteiger partial charge in [-0.3, -0.25) is 19.3 Å². The Hall–Kier alpha value is -2.69. The minimum atomic E-state index is -1.68. The predicted molar refractivity (Wildman–Crippen MR) is 168 cm³/mol. The molecule has 1 aromatic carbocycles. The zero-order valence-electron chi connectivity index (χ0n) is 27.2. The lowest BCUT2D eigenvalue weighted by Gasteiger charge is -2.48. The smallest absolute Gasteiger partial charge is 0.261 e. The molecule has 14 atom stereocenters. The number of amides is 3. The van der Waals surface area contributed by atoms with Crippen LogP contribution in [0.3, 0.4) is 0 Å². The number of aliphatic hydroxyl groups is 4. The lowest BCUT2D eigenvalue weighted by atomic mass is 9.83. The molecule has 18 heteroatoms. The highest BCUT2D eigenvalue weighted by Crippen LogP contribution is 2.32. The molecule has 3 aliphatic heterocycles. The van der Waals surface area contributed by atoms with Gasteiger partial charge in [0, 0.05) is 32.7 Å². The van der Waals surface area contributed by atoms with Gasteiger partial charge in [-0.25, -0.2) is 0 Å². The quantitative estimate of drug-likeness (QED) is 0.0932. The molecular formula is C31H48N6O12. The number of nitrogens with two attached hydrogens (primary N) is 4. The van der Waals surface area contributed by atoms with E-state index in [1.807, 2.05) is 0 Å². The van der Waals surface area contributed by atoms with Crippen molar-refractivity contribution in [3.05, 3.63) is 35.4 Å². The molecule has 3 amide bonds. The van der Waals surface area contributed by atoms with E-state index in [0.29, 0.717) is 12.8 Å². The van der Waals surface area contributed by atoms with Crippen molar-refractivity contribution in [1.82, 2.24) is 10.2 Å². The van der Waals surface area contributed by atoms with Crippen molar-refractivity contribution >= 4 is 17.7 Å². The molecule has 0 bridgehead atoms. The maximum absolute atomic E-state index is 13.3. The molecule has 2 saturated heterocycles. The van der Waals surface area contributed by atoms with Gasteiger partial charge in [-0.1, -0.05) is 12.1 Å². The second kappa shape index (κ2) is 16.1. The van der Waals surface area contributed by atoms with Gasteiger partial charge in [-0.2, -0.15) is 0 Å². The molecule has 0 aromatic heterocycles. The number of hydrogen-bond acceptors (Lipinski definition) is 16. The lowest BCUT2D eigenvalue weighted by Crippen LogP contribution is -2.69. The monoisotopic (exact) mass is 696 g/mol. The topological polar surface area (TPSA) is 298 Å². The first-order valence-electron chi connectivity index (χ1n) is 16.4. The fourth-order valence-electron chi connectivity index (χ4n) is 6.71. The van der Waals surface area contributed by atoms with Crippen LogP contribution in [0, 0.1) is 0 Å². The molecule has 3 fully saturated rings. The third-order valence-corrected chi connectivity index (χ3v) is 9.58. The Bertz CT molecular complexity index is 1290. The second-order valence-electron chi connectivity index (χ2n) is 13.0. The van der Waals surface area contributed by atoms with Crippen molar-refractivity contribution in [3.63, 3.8) is 0 Å². The van der Waals surface area contributed by atoms with Gasteiger partial charge in [0.15, 0.2) is 12.6 Å². The van der Waals surface area contributed by atoms with Gasteiger partial charge in [-0.15, -0.1) is 0 Å². The van der Waals surface area contributed by atoms with Crippen molar-refractivity contribution in [2.75, 3.05) is 26.8 Å². The van der Waals surface area contributed by atoms with E-state index in [1.165, 1.54) is 19.2 Å². The first kappa shape index (κ1) is 37.6. The van der Waals surface area contributed by atoms with Gasteiger partial charge in [0.1, 0.15) is 42.7 Å². The van der Waals surface area contributed by atoms with Gasteiger partial charge >= 0.3 is 0 Å². The summed E-state index contributed by atoms with van der Waals surface area (Å²) in [4.78, 5) is 39.7. The van der Waals surface area contributed by atoms with Crippen LogP contribution in [-0.4, -0.2) is 155 Å². The Balaban J connectivity index is 1.30. The summed E-state index contributed by atoms with van der Waals surface area (Å²) in [5.41, 5.74) is 25.0. The highest BCUT2D eigenvalue weighted by Gasteiger charge is 2.51. The van der Waals surface area contributed by atoms with E-state index in [1.54, 1.807) is 12.1 Å². The summed E-state index contributed by atoms with van der Waals surface area (Å²) in [5.74, 6) is -1.96. The van der Waals surface area contributed by atoms with E-state index in [4.69, 9.17) is 46.6 Å². The summed E-state index contributed by atoms with van der Waals surface area (Å²) in [6, 6.07) is 2.56. The van der Waals surface area contributed by atoms with Crippen molar-refractivity contribution in [3.8, 4) is 0 Å². The number of nitrogens with zero attached hydrogens (tertiary/aromatic N) is 1. The Morgan fingerprint density at radius 3 is 2.24 bits per heavy atom. The van der Waals surface area contributed by atoms with E-state index in [2.05, 4.69) is 5.32 Å². The molecule has 1 aliphatic carbocycles. The molecule has 5 rings (SSSR count). The minimum absolute atomic E-state index is 0.0511. The van der Waals surface area contributed by atoms with Crippen LogP contribution < -0.4 is 28.3 Å². The number of fused-ring (bicyclic) bond motifs is 1. The van der Waals surface area contributed by atoms with Gasteiger partial charge in [-0.05, 0) is 31.4 Å². The average molecular weight is 697 g/mol. The third kappa shape index (κ3) is 7.96. The summed E-state index contributed by atoms with van der Waals surface area (Å²) < 4.78 is 29.0. The lowest BCUT2D eigenvalue weighted by molar-refractivity contribution is -0.314. The molecular weight excluding hydrogens is 648 g/mol. The van der Waals surface area contributed by atoms with Crippen LogP contribution in [0.15, 0.2) is 24.3 Å². The van der Waals surface area contributed by atoms with Crippen LogP contribution in [0.4, 0.5) is 0 Å². The standard InChI is InChI=1S/C31H48N6O12/c1-45-12-20-22(39)21(35)23(40)31(47-20)49-26-18(10-17(34)25(24(26)41)48-30-16(33)7-6-13(11-32)46-30)36-27(42)19(38)8-9-37-28(43)14-4-2-3-5-15(14)29(37)44/h2-5,13,16-26,30-31,38-41H,6-12,32-35H2,1H3,(H,36,42). The molecule has 1 saturated carbocycles. The number of rotatable bonds is 12. The van der Waals surface area contributed by atoms with Gasteiger partial charge < -0.3 is 72.4 Å². The zero-order chi connectivity index (χ0) is 35.6. The fourth-order valence-corrected chi connectivity index (χ4v) is 6.71. The number of aliphatic hydroxyl groups excluding tert-OH is 4. The summed E-state index contributed by atoms with van der Waals surface area (Å²) in [6.07, 6.45) is -11.6. The summed E-state index contributed by atoms with van der Waals surface area (Å²) in [7, 11) is 1.38.